The largest absolute Gasteiger partial charge is 0.344 e. The molecule has 0 amide bonds. The molecule has 0 spiro atoms. The Bertz CT molecular complexity index is 820. The van der Waals surface area contributed by atoms with Crippen LogP contribution in [0.2, 0.25) is 10.0 Å². The lowest BCUT2D eigenvalue weighted by Gasteiger charge is -2.12. The number of aromatic nitrogens is 4. The number of hydrogen-bond donors (Lipinski definition) is 2. The zero-order chi connectivity index (χ0) is 15.7. The number of hydrogen-bond acceptors (Lipinski definition) is 7. The molecule has 0 saturated heterocycles. The SMILES string of the molecule is CC(C)Cc1nc2nonc2nc1Nc1ccc(Cl)c(Cl)c1.N. The third-order valence-electron chi connectivity index (χ3n) is 2.97. The minimum atomic E-state index is 0. The minimum Gasteiger partial charge on any atom is -0.344 e. The third-order valence-corrected chi connectivity index (χ3v) is 3.71. The van der Waals surface area contributed by atoms with E-state index in [4.69, 9.17) is 23.2 Å². The molecule has 3 rings (SSSR count). The van der Waals surface area contributed by atoms with Gasteiger partial charge >= 0.3 is 0 Å². The Hall–Kier alpha value is -1.96. The standard InChI is InChI=1S/C14H13Cl2N5O.H3N/c1-7(2)5-11-12(19-14-13(18-11)20-22-21-14)17-8-3-4-9(15)10(16)6-8;/h3-4,6-7H,5H2,1-2H3,(H,17,19,21);1H3. The first-order valence-electron chi connectivity index (χ1n) is 6.74. The Kier molecular flexibility index (Phi) is 5.35. The highest BCUT2D eigenvalue weighted by Crippen LogP contribution is 2.28. The van der Waals surface area contributed by atoms with Gasteiger partial charge in [0.1, 0.15) is 0 Å². The van der Waals surface area contributed by atoms with E-state index in [2.05, 4.69) is 44.1 Å². The van der Waals surface area contributed by atoms with E-state index in [-0.39, 0.29) is 6.15 Å². The molecule has 4 N–H and O–H groups in total. The van der Waals surface area contributed by atoms with Crippen molar-refractivity contribution < 1.29 is 4.63 Å². The molecule has 0 unspecified atom stereocenters. The summed E-state index contributed by atoms with van der Waals surface area (Å²) in [7, 11) is 0. The first kappa shape index (κ1) is 17.4. The van der Waals surface area contributed by atoms with E-state index >= 15 is 0 Å². The monoisotopic (exact) mass is 354 g/mol. The van der Waals surface area contributed by atoms with Crippen molar-refractivity contribution in [2.75, 3.05) is 5.32 Å². The van der Waals surface area contributed by atoms with Gasteiger partial charge in [0.15, 0.2) is 5.82 Å². The maximum atomic E-state index is 6.04. The van der Waals surface area contributed by atoms with Crippen LogP contribution >= 0.6 is 23.2 Å². The summed E-state index contributed by atoms with van der Waals surface area (Å²) in [4.78, 5) is 8.88. The topological polar surface area (TPSA) is 112 Å². The molecule has 0 aliphatic carbocycles. The van der Waals surface area contributed by atoms with Gasteiger partial charge in [0, 0.05) is 5.69 Å². The van der Waals surface area contributed by atoms with E-state index in [0.717, 1.165) is 17.8 Å². The van der Waals surface area contributed by atoms with Crippen molar-refractivity contribution in [3.05, 3.63) is 33.9 Å². The Morgan fingerprint density at radius 3 is 2.43 bits per heavy atom. The first-order chi connectivity index (χ1) is 10.5. The summed E-state index contributed by atoms with van der Waals surface area (Å²) in [5.41, 5.74) is 2.32. The molecule has 0 aliphatic rings. The third kappa shape index (κ3) is 3.87. The molecule has 1 aromatic carbocycles. The quantitative estimate of drug-likeness (QED) is 0.712. The van der Waals surface area contributed by atoms with E-state index in [0.29, 0.717) is 33.1 Å². The van der Waals surface area contributed by atoms with E-state index in [1.54, 1.807) is 12.1 Å². The summed E-state index contributed by atoms with van der Waals surface area (Å²) < 4.78 is 4.67. The van der Waals surface area contributed by atoms with Crippen molar-refractivity contribution in [3.8, 4) is 0 Å². The highest BCUT2D eigenvalue weighted by atomic mass is 35.5. The lowest BCUT2D eigenvalue weighted by molar-refractivity contribution is 0.314. The highest BCUT2D eigenvalue weighted by molar-refractivity contribution is 6.42. The summed E-state index contributed by atoms with van der Waals surface area (Å²) in [5, 5.41) is 11.6. The van der Waals surface area contributed by atoms with Crippen LogP contribution in [0.15, 0.2) is 22.8 Å². The van der Waals surface area contributed by atoms with Gasteiger partial charge in [-0.25, -0.2) is 14.6 Å². The molecule has 2 aromatic heterocycles. The minimum absolute atomic E-state index is 0. The second kappa shape index (κ2) is 7.08. The second-order valence-electron chi connectivity index (χ2n) is 5.28. The lowest BCUT2D eigenvalue weighted by atomic mass is 10.1. The predicted molar refractivity (Wildman–Crippen MR) is 90.7 cm³/mol. The van der Waals surface area contributed by atoms with Crippen LogP contribution in [0.25, 0.3) is 11.3 Å². The second-order valence-corrected chi connectivity index (χ2v) is 6.10. The van der Waals surface area contributed by atoms with Crippen LogP contribution in [0.4, 0.5) is 11.5 Å². The molecule has 7 nitrogen and oxygen atoms in total. The average Bonchev–Trinajstić information content (AvgIpc) is 2.89. The molecule has 0 saturated carbocycles. The fourth-order valence-electron chi connectivity index (χ4n) is 2.01. The molecule has 122 valence electrons. The Labute approximate surface area is 142 Å². The molecule has 0 fully saturated rings. The maximum Gasteiger partial charge on any atom is 0.245 e. The number of fused-ring (bicyclic) bond motifs is 1. The molecular weight excluding hydrogens is 339 g/mol. The molecule has 23 heavy (non-hydrogen) atoms. The molecule has 9 heteroatoms. The average molecular weight is 355 g/mol. The van der Waals surface area contributed by atoms with Crippen LogP contribution in [0, 0.1) is 5.92 Å². The normalized spacial score (nSPS) is 10.8. The molecule has 0 radical (unpaired) electrons. The van der Waals surface area contributed by atoms with Crippen molar-refractivity contribution in [1.29, 1.82) is 0 Å². The highest BCUT2D eigenvalue weighted by Gasteiger charge is 2.14. The predicted octanol–water partition coefficient (Wildman–Crippen LogP) is 4.42. The summed E-state index contributed by atoms with van der Waals surface area (Å²) in [5.74, 6) is 1.02. The van der Waals surface area contributed by atoms with Crippen molar-refractivity contribution in [2.45, 2.75) is 20.3 Å². The van der Waals surface area contributed by atoms with Crippen LogP contribution in [-0.2, 0) is 6.42 Å². The number of rotatable bonds is 4. The number of anilines is 2. The number of halogens is 2. The summed E-state index contributed by atoms with van der Waals surface area (Å²) >= 11 is 12.0. The molecule has 0 atom stereocenters. The number of benzene rings is 1. The van der Waals surface area contributed by atoms with E-state index in [9.17, 15) is 0 Å². The fourth-order valence-corrected chi connectivity index (χ4v) is 2.31. The summed E-state index contributed by atoms with van der Waals surface area (Å²) in [6.07, 6.45) is 0.749. The Balaban J connectivity index is 0.00000192. The van der Waals surface area contributed by atoms with Gasteiger partial charge in [-0.15, -0.1) is 0 Å². The van der Waals surface area contributed by atoms with Gasteiger partial charge < -0.3 is 11.5 Å². The molecule has 2 heterocycles. The van der Waals surface area contributed by atoms with Gasteiger partial charge in [-0.1, -0.05) is 37.0 Å². The summed E-state index contributed by atoms with van der Waals surface area (Å²) in [6.45, 7) is 4.21. The van der Waals surface area contributed by atoms with E-state index in [1.807, 2.05) is 6.07 Å². The van der Waals surface area contributed by atoms with Gasteiger partial charge in [0.25, 0.3) is 0 Å². The lowest BCUT2D eigenvalue weighted by Crippen LogP contribution is -2.06. The van der Waals surface area contributed by atoms with Gasteiger partial charge in [-0.05, 0) is 40.9 Å². The number of nitrogens with zero attached hydrogens (tertiary/aromatic N) is 4. The van der Waals surface area contributed by atoms with Gasteiger partial charge in [-0.2, -0.15) is 0 Å². The summed E-state index contributed by atoms with van der Waals surface area (Å²) in [6, 6.07) is 5.27. The van der Waals surface area contributed by atoms with Crippen LogP contribution in [0.3, 0.4) is 0 Å². The Morgan fingerprint density at radius 1 is 1.09 bits per heavy atom. The van der Waals surface area contributed by atoms with Crippen molar-refractivity contribution in [3.63, 3.8) is 0 Å². The number of nitrogens with one attached hydrogen (secondary N) is 1. The molecular formula is C14H16Cl2N6O. The molecule has 3 aromatic rings. The van der Waals surface area contributed by atoms with Crippen LogP contribution in [0.5, 0.6) is 0 Å². The fraction of sp³-hybridized carbons (Fsp3) is 0.286. The maximum absolute atomic E-state index is 6.04. The van der Waals surface area contributed by atoms with Gasteiger partial charge in [0.2, 0.25) is 11.3 Å². The smallest absolute Gasteiger partial charge is 0.245 e. The van der Waals surface area contributed by atoms with Crippen LogP contribution in [0.1, 0.15) is 19.5 Å². The van der Waals surface area contributed by atoms with E-state index in [1.165, 1.54) is 0 Å². The van der Waals surface area contributed by atoms with Crippen LogP contribution in [-0.4, -0.2) is 20.3 Å². The van der Waals surface area contributed by atoms with Crippen molar-refractivity contribution >= 4 is 46.0 Å². The van der Waals surface area contributed by atoms with E-state index < -0.39 is 0 Å². The zero-order valence-corrected chi connectivity index (χ0v) is 14.2. The van der Waals surface area contributed by atoms with Crippen molar-refractivity contribution in [2.24, 2.45) is 5.92 Å². The first-order valence-corrected chi connectivity index (χ1v) is 7.50. The molecule has 0 bridgehead atoms. The molecule has 0 aliphatic heterocycles. The zero-order valence-electron chi connectivity index (χ0n) is 12.7. The van der Waals surface area contributed by atoms with Crippen molar-refractivity contribution in [1.82, 2.24) is 26.4 Å². The van der Waals surface area contributed by atoms with Gasteiger partial charge in [-0.3, -0.25) is 0 Å². The van der Waals surface area contributed by atoms with Crippen LogP contribution < -0.4 is 11.5 Å². The Morgan fingerprint density at radius 2 is 1.78 bits per heavy atom. The van der Waals surface area contributed by atoms with Gasteiger partial charge in [0.05, 0.1) is 15.7 Å².